The number of benzene rings is 1. The van der Waals surface area contributed by atoms with E-state index >= 15 is 0 Å². The van der Waals surface area contributed by atoms with Crippen LogP contribution in [-0.4, -0.2) is 30.1 Å². The van der Waals surface area contributed by atoms with Crippen LogP contribution in [0.25, 0.3) is 0 Å². The molecule has 3 N–H and O–H groups in total. The van der Waals surface area contributed by atoms with Crippen LogP contribution in [-0.2, 0) is 11.2 Å². The van der Waals surface area contributed by atoms with Crippen molar-refractivity contribution >= 4 is 17.6 Å². The van der Waals surface area contributed by atoms with E-state index in [1.807, 2.05) is 6.07 Å². The molecule has 5 heteroatoms. The Morgan fingerprint density at radius 2 is 2.10 bits per heavy atom. The molecule has 0 spiro atoms. The highest BCUT2D eigenvalue weighted by Gasteiger charge is 2.51. The molecule has 1 fully saturated rings. The number of carbonyl (C=O) groups is 2. The van der Waals surface area contributed by atoms with Crippen molar-refractivity contribution in [1.82, 2.24) is 0 Å². The standard InChI is InChI=1S/C15H18N2O3/c16-9-15(6-7-15)14(20)17-8-2-4-10-11(13(18)19)3-1-5-12(10)17/h1,3,5H,2,4,6-9,16H2,(H,18,19). The molecule has 3 rings (SSSR count). The van der Waals surface area contributed by atoms with Gasteiger partial charge in [-0.25, -0.2) is 4.79 Å². The lowest BCUT2D eigenvalue weighted by atomic mass is 9.94. The third-order valence-corrected chi connectivity index (χ3v) is 4.42. The van der Waals surface area contributed by atoms with Crippen molar-refractivity contribution in [2.45, 2.75) is 25.7 Å². The molecule has 2 aliphatic rings. The lowest BCUT2D eigenvalue weighted by Gasteiger charge is -2.33. The second kappa shape index (κ2) is 4.59. The van der Waals surface area contributed by atoms with Gasteiger partial charge < -0.3 is 15.7 Å². The molecular formula is C15H18N2O3. The molecule has 0 aromatic heterocycles. The molecule has 0 unspecified atom stereocenters. The van der Waals surface area contributed by atoms with Crippen molar-refractivity contribution in [1.29, 1.82) is 0 Å². The van der Waals surface area contributed by atoms with Gasteiger partial charge in [0.2, 0.25) is 5.91 Å². The van der Waals surface area contributed by atoms with Crippen molar-refractivity contribution in [3.05, 3.63) is 29.3 Å². The summed E-state index contributed by atoms with van der Waals surface area (Å²) in [6, 6.07) is 5.15. The molecule has 106 valence electrons. The number of hydrogen-bond donors (Lipinski definition) is 2. The minimum absolute atomic E-state index is 0.0588. The fourth-order valence-corrected chi connectivity index (χ4v) is 2.98. The molecule has 0 saturated heterocycles. The third-order valence-electron chi connectivity index (χ3n) is 4.42. The summed E-state index contributed by atoms with van der Waals surface area (Å²) in [5.41, 5.74) is 7.16. The molecular weight excluding hydrogens is 256 g/mol. The van der Waals surface area contributed by atoms with E-state index in [4.69, 9.17) is 5.73 Å². The predicted octanol–water partition coefficient (Wildman–Crippen LogP) is 1.40. The maximum Gasteiger partial charge on any atom is 0.336 e. The Bertz CT molecular complexity index is 578. The van der Waals surface area contributed by atoms with Crippen molar-refractivity contribution in [3.63, 3.8) is 0 Å². The van der Waals surface area contributed by atoms with E-state index in [-0.39, 0.29) is 5.91 Å². The van der Waals surface area contributed by atoms with Crippen LogP contribution in [0.3, 0.4) is 0 Å². The van der Waals surface area contributed by atoms with E-state index in [0.29, 0.717) is 25.1 Å². The minimum atomic E-state index is -0.934. The second-order valence-electron chi connectivity index (χ2n) is 5.65. The van der Waals surface area contributed by atoms with Crippen LogP contribution in [0.4, 0.5) is 5.69 Å². The van der Waals surface area contributed by atoms with Gasteiger partial charge in [0.15, 0.2) is 0 Å². The topological polar surface area (TPSA) is 83.6 Å². The number of nitrogens with zero attached hydrogens (tertiary/aromatic N) is 1. The van der Waals surface area contributed by atoms with Crippen LogP contribution >= 0.6 is 0 Å². The number of anilines is 1. The van der Waals surface area contributed by atoms with Crippen molar-refractivity contribution in [2.24, 2.45) is 11.1 Å². The summed E-state index contributed by atoms with van der Waals surface area (Å²) >= 11 is 0. The van der Waals surface area contributed by atoms with Crippen LogP contribution in [0, 0.1) is 5.41 Å². The molecule has 1 saturated carbocycles. The molecule has 1 heterocycles. The van der Waals surface area contributed by atoms with Gasteiger partial charge in [-0.3, -0.25) is 4.79 Å². The molecule has 1 aromatic carbocycles. The van der Waals surface area contributed by atoms with Gasteiger partial charge in [0.25, 0.3) is 0 Å². The van der Waals surface area contributed by atoms with Gasteiger partial charge >= 0.3 is 5.97 Å². The van der Waals surface area contributed by atoms with Gasteiger partial charge in [-0.15, -0.1) is 0 Å². The van der Waals surface area contributed by atoms with Crippen molar-refractivity contribution < 1.29 is 14.7 Å². The van der Waals surface area contributed by atoms with Crippen LogP contribution in [0.1, 0.15) is 35.2 Å². The maximum atomic E-state index is 12.7. The van der Waals surface area contributed by atoms with E-state index in [2.05, 4.69) is 0 Å². The van der Waals surface area contributed by atoms with Crippen LogP contribution in [0.2, 0.25) is 0 Å². The highest BCUT2D eigenvalue weighted by atomic mass is 16.4. The number of amides is 1. The monoisotopic (exact) mass is 274 g/mol. The summed E-state index contributed by atoms with van der Waals surface area (Å²) in [6.45, 7) is 1.02. The van der Waals surface area contributed by atoms with Crippen LogP contribution in [0.15, 0.2) is 18.2 Å². The first-order chi connectivity index (χ1) is 9.59. The van der Waals surface area contributed by atoms with E-state index < -0.39 is 11.4 Å². The lowest BCUT2D eigenvalue weighted by Crippen LogP contribution is -2.43. The third kappa shape index (κ3) is 1.89. The van der Waals surface area contributed by atoms with E-state index in [0.717, 1.165) is 30.5 Å². The van der Waals surface area contributed by atoms with Gasteiger partial charge in [0.05, 0.1) is 11.0 Å². The molecule has 1 aromatic rings. The zero-order chi connectivity index (χ0) is 14.3. The minimum Gasteiger partial charge on any atom is -0.478 e. The second-order valence-corrected chi connectivity index (χ2v) is 5.65. The highest BCUT2D eigenvalue weighted by molar-refractivity contribution is 6.02. The Hall–Kier alpha value is -1.88. The number of hydrogen-bond acceptors (Lipinski definition) is 3. The first-order valence-corrected chi connectivity index (χ1v) is 6.96. The number of carbonyl (C=O) groups excluding carboxylic acids is 1. The van der Waals surface area contributed by atoms with Crippen molar-refractivity contribution in [2.75, 3.05) is 18.0 Å². The van der Waals surface area contributed by atoms with E-state index in [1.165, 1.54) is 0 Å². The molecule has 1 aliphatic carbocycles. The average Bonchev–Trinajstić information content (AvgIpc) is 3.26. The highest BCUT2D eigenvalue weighted by Crippen LogP contribution is 2.47. The fraction of sp³-hybridized carbons (Fsp3) is 0.467. The number of fused-ring (bicyclic) bond motifs is 1. The molecule has 0 bridgehead atoms. The number of aromatic carboxylic acids is 1. The zero-order valence-electron chi connectivity index (χ0n) is 11.3. The summed E-state index contributed by atoms with van der Waals surface area (Å²) in [7, 11) is 0. The molecule has 5 nitrogen and oxygen atoms in total. The summed E-state index contributed by atoms with van der Waals surface area (Å²) in [6.07, 6.45) is 3.18. The summed E-state index contributed by atoms with van der Waals surface area (Å²) < 4.78 is 0. The molecule has 1 aliphatic heterocycles. The Balaban J connectivity index is 2.01. The van der Waals surface area contributed by atoms with Gasteiger partial charge in [-0.2, -0.15) is 0 Å². The normalized spacial score (nSPS) is 19.4. The largest absolute Gasteiger partial charge is 0.478 e. The number of carboxylic acids is 1. The van der Waals surface area contributed by atoms with E-state index in [9.17, 15) is 14.7 Å². The lowest BCUT2D eigenvalue weighted by molar-refractivity contribution is -0.123. The summed E-state index contributed by atoms with van der Waals surface area (Å²) in [5, 5.41) is 9.26. The average molecular weight is 274 g/mol. The van der Waals surface area contributed by atoms with Gasteiger partial charge in [-0.05, 0) is 43.4 Å². The predicted molar refractivity (Wildman–Crippen MR) is 74.8 cm³/mol. The zero-order valence-corrected chi connectivity index (χ0v) is 11.3. The Kier molecular flexibility index (Phi) is 3.01. The fourth-order valence-electron chi connectivity index (χ4n) is 2.98. The van der Waals surface area contributed by atoms with E-state index in [1.54, 1.807) is 17.0 Å². The SMILES string of the molecule is NCC1(C(=O)N2CCCc3c(C(=O)O)cccc32)CC1. The van der Waals surface area contributed by atoms with Gasteiger partial charge in [0, 0.05) is 18.8 Å². The van der Waals surface area contributed by atoms with Crippen LogP contribution in [0.5, 0.6) is 0 Å². The molecule has 1 amide bonds. The summed E-state index contributed by atoms with van der Waals surface area (Å²) in [5.74, 6) is -0.875. The first kappa shape index (κ1) is 13.1. The Labute approximate surface area is 117 Å². The quantitative estimate of drug-likeness (QED) is 0.872. The first-order valence-electron chi connectivity index (χ1n) is 6.96. The van der Waals surface area contributed by atoms with Crippen LogP contribution < -0.4 is 10.6 Å². The molecule has 0 radical (unpaired) electrons. The number of rotatable bonds is 3. The van der Waals surface area contributed by atoms with Gasteiger partial charge in [0.1, 0.15) is 0 Å². The number of nitrogens with two attached hydrogens (primary N) is 1. The Morgan fingerprint density at radius 3 is 2.70 bits per heavy atom. The van der Waals surface area contributed by atoms with Crippen molar-refractivity contribution in [3.8, 4) is 0 Å². The Morgan fingerprint density at radius 1 is 1.35 bits per heavy atom. The molecule has 0 atom stereocenters. The number of carboxylic acid groups (broad SMARTS) is 1. The molecule has 20 heavy (non-hydrogen) atoms. The maximum absolute atomic E-state index is 12.7. The summed E-state index contributed by atoms with van der Waals surface area (Å²) in [4.78, 5) is 25.7. The van der Waals surface area contributed by atoms with Gasteiger partial charge in [-0.1, -0.05) is 6.07 Å². The smallest absolute Gasteiger partial charge is 0.336 e.